The molecule has 94 valence electrons. The van der Waals surface area contributed by atoms with Crippen molar-refractivity contribution in [1.29, 1.82) is 0 Å². The second-order valence-corrected chi connectivity index (χ2v) is 3.76. The summed E-state index contributed by atoms with van der Waals surface area (Å²) >= 11 is 5.83. The molecule has 0 aliphatic carbocycles. The van der Waals surface area contributed by atoms with Gasteiger partial charge >= 0.3 is 6.09 Å². The van der Waals surface area contributed by atoms with Crippen LogP contribution in [0.3, 0.4) is 0 Å². The van der Waals surface area contributed by atoms with Crippen LogP contribution in [0.2, 0.25) is 5.02 Å². The predicted molar refractivity (Wildman–Crippen MR) is 64.1 cm³/mol. The van der Waals surface area contributed by atoms with E-state index in [2.05, 4.69) is 5.32 Å². The van der Waals surface area contributed by atoms with Gasteiger partial charge in [-0.15, -0.1) is 12.4 Å². The predicted octanol–water partition coefficient (Wildman–Crippen LogP) is 2.26. The molecule has 1 aliphatic rings. The minimum Gasteiger partial charge on any atom is -0.503 e. The minimum atomic E-state index is -0.465. The summed E-state index contributed by atoms with van der Waals surface area (Å²) in [5, 5.41) is 12.3. The number of benzene rings is 1. The Kier molecular flexibility index (Phi) is 4.31. The molecule has 0 radical (unpaired) electrons. The van der Waals surface area contributed by atoms with E-state index < -0.39 is 6.09 Å². The van der Waals surface area contributed by atoms with E-state index in [9.17, 15) is 9.90 Å². The molecule has 1 aromatic carbocycles. The number of aromatic hydroxyl groups is 1. The van der Waals surface area contributed by atoms with Crippen LogP contribution in [-0.4, -0.2) is 24.9 Å². The number of phenolic OH excluding ortho intramolecular Hbond substituents is 1. The third-order valence-electron chi connectivity index (χ3n) is 2.35. The van der Waals surface area contributed by atoms with Gasteiger partial charge in [0, 0.05) is 0 Å². The van der Waals surface area contributed by atoms with Gasteiger partial charge in [-0.1, -0.05) is 11.6 Å². The van der Waals surface area contributed by atoms with Gasteiger partial charge in [-0.3, -0.25) is 0 Å². The summed E-state index contributed by atoms with van der Waals surface area (Å²) in [4.78, 5) is 10.9. The Balaban J connectivity index is 0.00000144. The molecule has 1 fully saturated rings. The van der Waals surface area contributed by atoms with Crippen molar-refractivity contribution in [1.82, 2.24) is 5.32 Å². The molecule has 1 amide bonds. The first-order valence-corrected chi connectivity index (χ1v) is 4.99. The van der Waals surface area contributed by atoms with Gasteiger partial charge in [0.2, 0.25) is 0 Å². The van der Waals surface area contributed by atoms with Crippen LogP contribution in [0.1, 0.15) is 11.6 Å². The van der Waals surface area contributed by atoms with Gasteiger partial charge in [0.15, 0.2) is 11.5 Å². The molecule has 17 heavy (non-hydrogen) atoms. The van der Waals surface area contributed by atoms with Crippen LogP contribution in [0.5, 0.6) is 11.5 Å². The molecule has 0 bridgehead atoms. The third kappa shape index (κ3) is 2.68. The molecule has 0 aromatic heterocycles. The highest BCUT2D eigenvalue weighted by Crippen LogP contribution is 2.37. The number of ether oxygens (including phenoxy) is 2. The molecule has 1 heterocycles. The Morgan fingerprint density at radius 3 is 2.82 bits per heavy atom. The number of carbonyl (C=O) groups excluding carboxylic acids is 1. The molecule has 7 heteroatoms. The van der Waals surface area contributed by atoms with E-state index in [0.717, 1.165) is 5.56 Å². The van der Waals surface area contributed by atoms with Crippen LogP contribution in [0.4, 0.5) is 4.79 Å². The average molecular weight is 280 g/mol. The number of hydrogen-bond donors (Lipinski definition) is 2. The number of cyclic esters (lactones) is 1. The fourth-order valence-electron chi connectivity index (χ4n) is 1.51. The number of amides is 1. The number of phenols is 1. The molecule has 5 nitrogen and oxygen atoms in total. The number of rotatable bonds is 2. The molecule has 1 aliphatic heterocycles. The van der Waals surface area contributed by atoms with Gasteiger partial charge in [-0.2, -0.15) is 0 Å². The van der Waals surface area contributed by atoms with Crippen molar-refractivity contribution in [2.45, 2.75) is 6.04 Å². The summed E-state index contributed by atoms with van der Waals surface area (Å²) in [6.07, 6.45) is -0.465. The number of nitrogens with one attached hydrogen (secondary N) is 1. The first-order valence-electron chi connectivity index (χ1n) is 4.61. The highest BCUT2D eigenvalue weighted by atomic mass is 35.5. The Morgan fingerprint density at radius 2 is 2.29 bits per heavy atom. The van der Waals surface area contributed by atoms with E-state index in [-0.39, 0.29) is 41.6 Å². The summed E-state index contributed by atoms with van der Waals surface area (Å²) < 4.78 is 9.73. The quantitative estimate of drug-likeness (QED) is 0.872. The van der Waals surface area contributed by atoms with Gasteiger partial charge in [-0.05, 0) is 17.7 Å². The minimum absolute atomic E-state index is 0. The lowest BCUT2D eigenvalue weighted by Crippen LogP contribution is -2.18. The summed E-state index contributed by atoms with van der Waals surface area (Å²) in [6, 6.07) is 2.92. The van der Waals surface area contributed by atoms with Crippen molar-refractivity contribution >= 4 is 30.1 Å². The SMILES string of the molecule is COc1cc([C@H]2COC(=O)N2)cc(Cl)c1O.Cl. The molecule has 2 N–H and O–H groups in total. The highest BCUT2D eigenvalue weighted by Gasteiger charge is 2.25. The Labute approximate surface area is 109 Å². The average Bonchev–Trinajstić information content (AvgIpc) is 2.69. The third-order valence-corrected chi connectivity index (χ3v) is 2.63. The first kappa shape index (κ1) is 13.7. The molecule has 0 spiro atoms. The van der Waals surface area contributed by atoms with Crippen LogP contribution in [0, 0.1) is 0 Å². The number of halogens is 2. The van der Waals surface area contributed by atoms with Crippen molar-refractivity contribution < 1.29 is 19.4 Å². The maximum absolute atomic E-state index is 10.9. The number of carbonyl (C=O) groups is 1. The van der Waals surface area contributed by atoms with Crippen molar-refractivity contribution in [3.63, 3.8) is 0 Å². The van der Waals surface area contributed by atoms with Crippen LogP contribution in [0.25, 0.3) is 0 Å². The maximum Gasteiger partial charge on any atom is 0.407 e. The second-order valence-electron chi connectivity index (χ2n) is 3.35. The van der Waals surface area contributed by atoms with Gasteiger partial charge in [0.05, 0.1) is 18.2 Å². The van der Waals surface area contributed by atoms with Gasteiger partial charge in [-0.25, -0.2) is 4.79 Å². The Hall–Kier alpha value is -1.33. The fourth-order valence-corrected chi connectivity index (χ4v) is 1.73. The zero-order valence-electron chi connectivity index (χ0n) is 8.90. The molecule has 2 rings (SSSR count). The van der Waals surface area contributed by atoms with E-state index in [0.29, 0.717) is 0 Å². The summed E-state index contributed by atoms with van der Waals surface area (Å²) in [6.45, 7) is 0.239. The maximum atomic E-state index is 10.9. The number of alkyl carbamates (subject to hydrolysis) is 1. The van der Waals surface area contributed by atoms with Gasteiger partial charge < -0.3 is 19.9 Å². The molecular weight excluding hydrogens is 269 g/mol. The van der Waals surface area contributed by atoms with E-state index >= 15 is 0 Å². The summed E-state index contributed by atoms with van der Waals surface area (Å²) in [5.41, 5.74) is 0.727. The second kappa shape index (κ2) is 5.33. The fraction of sp³-hybridized carbons (Fsp3) is 0.300. The van der Waals surface area contributed by atoms with Crippen molar-refractivity contribution in [2.75, 3.05) is 13.7 Å². The lowest BCUT2D eigenvalue weighted by atomic mass is 10.1. The van der Waals surface area contributed by atoms with Crippen LogP contribution < -0.4 is 10.1 Å². The number of methoxy groups -OCH3 is 1. The van der Waals surface area contributed by atoms with Crippen LogP contribution in [0.15, 0.2) is 12.1 Å². The van der Waals surface area contributed by atoms with Crippen molar-refractivity contribution in [2.24, 2.45) is 0 Å². The standard InChI is InChI=1S/C10H10ClNO4.ClH/c1-15-8-3-5(2-6(11)9(8)13)7-4-16-10(14)12-7;/h2-3,7,13H,4H2,1H3,(H,12,14);1H/t7-;/m1./s1. The normalized spacial score (nSPS) is 18.0. The summed E-state index contributed by atoms with van der Waals surface area (Å²) in [7, 11) is 1.43. The molecule has 0 saturated carbocycles. The topological polar surface area (TPSA) is 67.8 Å². The lowest BCUT2D eigenvalue weighted by Gasteiger charge is -2.11. The van der Waals surface area contributed by atoms with E-state index in [1.807, 2.05) is 0 Å². The van der Waals surface area contributed by atoms with Gasteiger partial charge in [0.1, 0.15) is 6.61 Å². The zero-order chi connectivity index (χ0) is 11.7. The van der Waals surface area contributed by atoms with Crippen LogP contribution >= 0.6 is 24.0 Å². The molecule has 1 saturated heterocycles. The number of hydrogen-bond acceptors (Lipinski definition) is 4. The smallest absolute Gasteiger partial charge is 0.407 e. The molecule has 0 unspecified atom stereocenters. The van der Waals surface area contributed by atoms with Gasteiger partial charge in [0.25, 0.3) is 0 Å². The molecule has 1 atom stereocenters. The Bertz CT molecular complexity index is 439. The largest absolute Gasteiger partial charge is 0.503 e. The van der Waals surface area contributed by atoms with Crippen molar-refractivity contribution in [3.05, 3.63) is 22.7 Å². The first-order chi connectivity index (χ1) is 7.61. The van der Waals surface area contributed by atoms with E-state index in [1.54, 1.807) is 12.1 Å². The van der Waals surface area contributed by atoms with Crippen molar-refractivity contribution in [3.8, 4) is 11.5 Å². The monoisotopic (exact) mass is 279 g/mol. The molecule has 1 aromatic rings. The zero-order valence-corrected chi connectivity index (χ0v) is 10.5. The lowest BCUT2D eigenvalue weighted by molar-refractivity contribution is 0.177. The van der Waals surface area contributed by atoms with E-state index in [4.69, 9.17) is 21.1 Å². The summed E-state index contributed by atoms with van der Waals surface area (Å²) in [5.74, 6) is 0.154. The highest BCUT2D eigenvalue weighted by molar-refractivity contribution is 6.32. The van der Waals surface area contributed by atoms with E-state index in [1.165, 1.54) is 7.11 Å². The Morgan fingerprint density at radius 1 is 1.59 bits per heavy atom. The molecular formula is C10H11Cl2NO4. The van der Waals surface area contributed by atoms with Crippen LogP contribution in [-0.2, 0) is 4.74 Å².